The summed E-state index contributed by atoms with van der Waals surface area (Å²) in [7, 11) is 0. The van der Waals surface area contributed by atoms with Crippen molar-refractivity contribution >= 4 is 45.9 Å². The number of hydrogen-bond acceptors (Lipinski definition) is 3. The fourth-order valence-corrected chi connectivity index (χ4v) is 5.30. The molecule has 1 atom stereocenters. The second kappa shape index (κ2) is 11.6. The van der Waals surface area contributed by atoms with Crippen LogP contribution in [-0.2, 0) is 17.8 Å². The molecule has 0 bridgehead atoms. The molecule has 6 nitrogen and oxygen atoms in total. The van der Waals surface area contributed by atoms with Gasteiger partial charge in [0.15, 0.2) is 0 Å². The van der Waals surface area contributed by atoms with Gasteiger partial charge in [-0.1, -0.05) is 35.3 Å². The molecule has 0 aliphatic heterocycles. The molecular formula is C30H21Cl2F3N4O2. The van der Waals surface area contributed by atoms with E-state index in [1.807, 2.05) is 0 Å². The van der Waals surface area contributed by atoms with E-state index in [0.717, 1.165) is 24.3 Å². The van der Waals surface area contributed by atoms with Crippen LogP contribution in [0.15, 0.2) is 79.1 Å². The molecule has 5 aromatic rings. The number of amides is 2. The Morgan fingerprint density at radius 2 is 1.73 bits per heavy atom. The molecule has 5 rings (SSSR count). The third-order valence-electron chi connectivity index (χ3n) is 6.53. The molecule has 0 unspecified atom stereocenters. The number of nitrogens with one attached hydrogen (secondary N) is 1. The first-order valence-corrected chi connectivity index (χ1v) is 13.1. The molecule has 2 amide bonds. The molecule has 0 aliphatic rings. The summed E-state index contributed by atoms with van der Waals surface area (Å²) < 4.78 is 44.0. The highest BCUT2D eigenvalue weighted by molar-refractivity contribution is 6.38. The fraction of sp³-hybridized carbons (Fsp3) is 0.100. The number of hydrogen-bond donors (Lipinski definition) is 2. The quantitative estimate of drug-likeness (QED) is 0.211. The van der Waals surface area contributed by atoms with Gasteiger partial charge in [0, 0.05) is 34.4 Å². The van der Waals surface area contributed by atoms with Crippen LogP contribution in [0.3, 0.4) is 0 Å². The van der Waals surface area contributed by atoms with Gasteiger partial charge in [0.1, 0.15) is 24.0 Å². The number of benzene rings is 3. The van der Waals surface area contributed by atoms with Crippen molar-refractivity contribution in [2.45, 2.75) is 19.0 Å². The number of nitrogens with zero attached hydrogens (tertiary/aromatic N) is 2. The van der Waals surface area contributed by atoms with Gasteiger partial charge in [0.25, 0.3) is 5.91 Å². The van der Waals surface area contributed by atoms with Crippen LogP contribution in [0.4, 0.5) is 13.2 Å². The summed E-state index contributed by atoms with van der Waals surface area (Å²) in [6.45, 7) is -0.126. The lowest BCUT2D eigenvalue weighted by molar-refractivity contribution is -0.122. The van der Waals surface area contributed by atoms with Crippen molar-refractivity contribution in [1.82, 2.24) is 14.9 Å². The van der Waals surface area contributed by atoms with Crippen LogP contribution in [0.25, 0.3) is 22.0 Å². The molecule has 3 aromatic carbocycles. The van der Waals surface area contributed by atoms with Crippen LogP contribution in [0.2, 0.25) is 10.0 Å². The number of aromatic nitrogens is 2. The number of carbonyl (C=O) groups excluding carboxylic acids is 2. The zero-order valence-corrected chi connectivity index (χ0v) is 22.7. The van der Waals surface area contributed by atoms with E-state index in [-0.39, 0.29) is 24.1 Å². The first kappa shape index (κ1) is 28.2. The third kappa shape index (κ3) is 6.21. The van der Waals surface area contributed by atoms with Gasteiger partial charge >= 0.3 is 0 Å². The summed E-state index contributed by atoms with van der Waals surface area (Å²) in [5, 5.41) is 4.47. The van der Waals surface area contributed by atoms with Crippen LogP contribution in [0, 0.1) is 17.5 Å². The van der Waals surface area contributed by atoms with Gasteiger partial charge in [-0.05, 0) is 66.1 Å². The second-order valence-corrected chi connectivity index (χ2v) is 10.2. The highest BCUT2D eigenvalue weighted by Gasteiger charge is 2.23. The average Bonchev–Trinajstić information content (AvgIpc) is 3.30. The Labute approximate surface area is 242 Å². The Hall–Kier alpha value is -4.34. The van der Waals surface area contributed by atoms with Crippen LogP contribution in [0.5, 0.6) is 0 Å². The molecule has 0 aliphatic carbocycles. The Morgan fingerprint density at radius 1 is 0.976 bits per heavy atom. The van der Waals surface area contributed by atoms with E-state index in [4.69, 9.17) is 28.9 Å². The summed E-state index contributed by atoms with van der Waals surface area (Å²) in [4.78, 5) is 29.6. The molecule has 0 fully saturated rings. The van der Waals surface area contributed by atoms with Crippen LogP contribution in [-0.4, -0.2) is 21.4 Å². The van der Waals surface area contributed by atoms with Crippen LogP contribution >= 0.6 is 23.2 Å². The largest absolute Gasteiger partial charge is 0.366 e. The zero-order valence-electron chi connectivity index (χ0n) is 21.2. The lowest BCUT2D eigenvalue weighted by atomic mass is 9.94. The van der Waals surface area contributed by atoms with Crippen molar-refractivity contribution in [1.29, 1.82) is 0 Å². The molecule has 2 heterocycles. The summed E-state index contributed by atoms with van der Waals surface area (Å²) >= 11 is 12.5. The molecule has 208 valence electrons. The standard InChI is InChI=1S/C30H21Cl2F3N4O2/c31-18-12-24(32)22-5-7-39(27(22)13-18)15-28(40)38-26(10-16-8-19(33)14-20(34)9-16)29-21(2-1-6-37-29)17-3-4-25(35)23(11-17)30(36)41/h1-9,11-14,26H,10,15H2,(H2,36,41)(H,38,40)/t26-/m0/s1. The van der Waals surface area contributed by atoms with Gasteiger partial charge in [-0.3, -0.25) is 14.6 Å². The van der Waals surface area contributed by atoms with Crippen molar-refractivity contribution in [2.75, 3.05) is 0 Å². The predicted molar refractivity (Wildman–Crippen MR) is 151 cm³/mol. The van der Waals surface area contributed by atoms with E-state index in [9.17, 15) is 22.8 Å². The Kier molecular flexibility index (Phi) is 8.01. The minimum atomic E-state index is -0.950. The zero-order chi connectivity index (χ0) is 29.3. The second-order valence-electron chi connectivity index (χ2n) is 9.36. The maximum atomic E-state index is 14.2. The first-order chi connectivity index (χ1) is 19.6. The molecular weight excluding hydrogens is 576 g/mol. The lowest BCUT2D eigenvalue weighted by Gasteiger charge is -2.22. The van der Waals surface area contributed by atoms with Gasteiger partial charge in [-0.25, -0.2) is 13.2 Å². The summed E-state index contributed by atoms with van der Waals surface area (Å²) in [6.07, 6.45) is 3.16. The van der Waals surface area contributed by atoms with E-state index in [1.165, 1.54) is 18.3 Å². The number of halogens is 5. The highest BCUT2D eigenvalue weighted by Crippen LogP contribution is 2.31. The molecule has 2 aromatic heterocycles. The van der Waals surface area contributed by atoms with Crippen molar-refractivity contribution in [3.05, 3.63) is 123 Å². The number of carbonyl (C=O) groups is 2. The number of nitrogens with two attached hydrogens (primary N) is 1. The van der Waals surface area contributed by atoms with E-state index >= 15 is 0 Å². The number of primary amides is 1. The van der Waals surface area contributed by atoms with E-state index < -0.39 is 35.3 Å². The Balaban J connectivity index is 1.53. The van der Waals surface area contributed by atoms with Crippen LogP contribution < -0.4 is 11.1 Å². The topological polar surface area (TPSA) is 90.0 Å². The SMILES string of the molecule is NC(=O)c1cc(-c2cccnc2[C@H](Cc2cc(F)cc(F)c2)NC(=O)Cn2ccc3c(Cl)cc(Cl)cc32)ccc1F. The van der Waals surface area contributed by atoms with E-state index in [2.05, 4.69) is 10.3 Å². The molecule has 0 saturated carbocycles. The van der Waals surface area contributed by atoms with E-state index in [0.29, 0.717) is 37.8 Å². The fourth-order valence-electron chi connectivity index (χ4n) is 4.75. The molecule has 11 heteroatoms. The minimum Gasteiger partial charge on any atom is -0.366 e. The molecule has 0 saturated heterocycles. The maximum absolute atomic E-state index is 14.2. The molecule has 3 N–H and O–H groups in total. The van der Waals surface area contributed by atoms with Crippen molar-refractivity contribution in [3.63, 3.8) is 0 Å². The van der Waals surface area contributed by atoms with Gasteiger partial charge in [-0.15, -0.1) is 0 Å². The summed E-state index contributed by atoms with van der Waals surface area (Å²) in [5.74, 6) is -3.72. The van der Waals surface area contributed by atoms with Gasteiger partial charge in [0.05, 0.1) is 27.8 Å². The smallest absolute Gasteiger partial charge is 0.251 e. The summed E-state index contributed by atoms with van der Waals surface area (Å²) in [6, 6.07) is 14.4. The predicted octanol–water partition coefficient (Wildman–Crippen LogP) is 6.63. The molecule has 0 spiro atoms. The Bertz CT molecular complexity index is 1790. The number of fused-ring (bicyclic) bond motifs is 1. The Morgan fingerprint density at radius 3 is 2.46 bits per heavy atom. The summed E-state index contributed by atoms with van der Waals surface area (Å²) in [5.41, 5.74) is 7.13. The third-order valence-corrected chi connectivity index (χ3v) is 7.06. The number of rotatable bonds is 8. The normalized spacial score (nSPS) is 11.9. The van der Waals surface area contributed by atoms with Crippen molar-refractivity contribution in [3.8, 4) is 11.1 Å². The highest BCUT2D eigenvalue weighted by atomic mass is 35.5. The van der Waals surface area contributed by atoms with Crippen LogP contribution in [0.1, 0.15) is 27.7 Å². The molecule has 0 radical (unpaired) electrons. The van der Waals surface area contributed by atoms with Gasteiger partial charge in [-0.2, -0.15) is 0 Å². The average molecular weight is 597 g/mol. The van der Waals surface area contributed by atoms with Gasteiger partial charge < -0.3 is 15.6 Å². The van der Waals surface area contributed by atoms with Crippen molar-refractivity contribution in [2.24, 2.45) is 5.73 Å². The van der Waals surface area contributed by atoms with Crippen molar-refractivity contribution < 1.29 is 22.8 Å². The minimum absolute atomic E-state index is 0.0294. The lowest BCUT2D eigenvalue weighted by Crippen LogP contribution is -2.33. The van der Waals surface area contributed by atoms with E-state index in [1.54, 1.807) is 41.1 Å². The monoisotopic (exact) mass is 596 g/mol. The first-order valence-electron chi connectivity index (χ1n) is 12.3. The number of pyridine rings is 1. The maximum Gasteiger partial charge on any atom is 0.251 e. The van der Waals surface area contributed by atoms with Gasteiger partial charge in [0.2, 0.25) is 5.91 Å². The molecule has 41 heavy (non-hydrogen) atoms.